The number of benzene rings is 1. The molecule has 0 heterocycles. The van der Waals surface area contributed by atoms with Crippen LogP contribution in [0.3, 0.4) is 0 Å². The Morgan fingerprint density at radius 2 is 2.00 bits per heavy atom. The van der Waals surface area contributed by atoms with Crippen LogP contribution < -0.4 is 0 Å². The third-order valence-electron chi connectivity index (χ3n) is 2.46. The van der Waals surface area contributed by atoms with Crippen LogP contribution in [0, 0.1) is 6.92 Å². The van der Waals surface area contributed by atoms with Gasteiger partial charge in [0.2, 0.25) is 0 Å². The first kappa shape index (κ1) is 12.4. The average Bonchev–Trinajstić information content (AvgIpc) is 2.21. The van der Waals surface area contributed by atoms with Crippen LogP contribution in [0.1, 0.15) is 23.7 Å². The maximum absolute atomic E-state index is 9.83. The van der Waals surface area contributed by atoms with Gasteiger partial charge in [-0.2, -0.15) is 12.6 Å². The SMILES string of the molecule is Cc1c(O)cccc1C(O)C(O)CCS. The van der Waals surface area contributed by atoms with Gasteiger partial charge in [-0.05, 0) is 36.3 Å². The summed E-state index contributed by atoms with van der Waals surface area (Å²) in [5.41, 5.74) is 1.16. The van der Waals surface area contributed by atoms with E-state index in [0.717, 1.165) is 0 Å². The maximum Gasteiger partial charge on any atom is 0.118 e. The zero-order valence-corrected chi connectivity index (χ0v) is 9.48. The number of hydrogen-bond acceptors (Lipinski definition) is 4. The molecule has 0 amide bonds. The van der Waals surface area contributed by atoms with E-state index < -0.39 is 12.2 Å². The summed E-state index contributed by atoms with van der Waals surface area (Å²) in [6.07, 6.45) is -1.40. The van der Waals surface area contributed by atoms with Crippen molar-refractivity contribution in [2.75, 3.05) is 5.75 Å². The molecule has 0 aromatic heterocycles. The highest BCUT2D eigenvalue weighted by atomic mass is 32.1. The predicted molar refractivity (Wildman–Crippen MR) is 62.3 cm³/mol. The first-order chi connectivity index (χ1) is 7.07. The number of aromatic hydroxyl groups is 1. The fourth-order valence-corrected chi connectivity index (χ4v) is 1.72. The lowest BCUT2D eigenvalue weighted by atomic mass is 9.98. The Hall–Kier alpha value is -0.710. The van der Waals surface area contributed by atoms with Crippen molar-refractivity contribution < 1.29 is 15.3 Å². The second-order valence-corrected chi connectivity index (χ2v) is 3.96. The topological polar surface area (TPSA) is 60.7 Å². The summed E-state index contributed by atoms with van der Waals surface area (Å²) in [7, 11) is 0. The Labute approximate surface area is 94.8 Å². The molecule has 2 unspecified atom stereocenters. The molecule has 15 heavy (non-hydrogen) atoms. The van der Waals surface area contributed by atoms with Gasteiger partial charge >= 0.3 is 0 Å². The Morgan fingerprint density at radius 1 is 1.33 bits per heavy atom. The summed E-state index contributed by atoms with van der Waals surface area (Å²) in [4.78, 5) is 0. The lowest BCUT2D eigenvalue weighted by Gasteiger charge is -2.19. The van der Waals surface area contributed by atoms with E-state index in [0.29, 0.717) is 23.3 Å². The van der Waals surface area contributed by atoms with Crippen LogP contribution in [0.15, 0.2) is 18.2 Å². The van der Waals surface area contributed by atoms with Crippen molar-refractivity contribution in [3.63, 3.8) is 0 Å². The van der Waals surface area contributed by atoms with Crippen LogP contribution in [-0.4, -0.2) is 27.2 Å². The second-order valence-electron chi connectivity index (χ2n) is 3.52. The fourth-order valence-electron chi connectivity index (χ4n) is 1.46. The smallest absolute Gasteiger partial charge is 0.118 e. The van der Waals surface area contributed by atoms with Crippen LogP contribution >= 0.6 is 12.6 Å². The first-order valence-corrected chi connectivity index (χ1v) is 5.46. The highest BCUT2D eigenvalue weighted by molar-refractivity contribution is 7.80. The first-order valence-electron chi connectivity index (χ1n) is 4.83. The number of aliphatic hydroxyl groups excluding tert-OH is 2. The van der Waals surface area contributed by atoms with Gasteiger partial charge in [-0.15, -0.1) is 0 Å². The molecule has 1 aromatic carbocycles. The lowest BCUT2D eigenvalue weighted by molar-refractivity contribution is 0.0167. The number of thiol groups is 1. The number of aliphatic hydroxyl groups is 2. The molecule has 4 heteroatoms. The van der Waals surface area contributed by atoms with Gasteiger partial charge in [0.05, 0.1) is 6.10 Å². The fraction of sp³-hybridized carbons (Fsp3) is 0.455. The number of phenols is 1. The van der Waals surface area contributed by atoms with Crippen molar-refractivity contribution in [1.29, 1.82) is 0 Å². The summed E-state index contributed by atoms with van der Waals surface area (Å²) in [5, 5.41) is 28.9. The van der Waals surface area contributed by atoms with E-state index in [2.05, 4.69) is 12.6 Å². The molecule has 0 fully saturated rings. The van der Waals surface area contributed by atoms with E-state index in [1.807, 2.05) is 0 Å². The molecule has 0 radical (unpaired) electrons. The molecule has 3 nitrogen and oxygen atoms in total. The van der Waals surface area contributed by atoms with Crippen molar-refractivity contribution in [2.24, 2.45) is 0 Å². The van der Waals surface area contributed by atoms with Crippen LogP contribution in [-0.2, 0) is 0 Å². The lowest BCUT2D eigenvalue weighted by Crippen LogP contribution is -2.19. The molecule has 84 valence electrons. The van der Waals surface area contributed by atoms with E-state index in [9.17, 15) is 15.3 Å². The van der Waals surface area contributed by atoms with Gasteiger partial charge in [0, 0.05) is 0 Å². The Morgan fingerprint density at radius 3 is 2.60 bits per heavy atom. The summed E-state index contributed by atoms with van der Waals surface area (Å²) >= 11 is 3.99. The Balaban J connectivity index is 2.90. The van der Waals surface area contributed by atoms with Crippen LogP contribution in [0.25, 0.3) is 0 Å². The molecule has 0 aliphatic heterocycles. The van der Waals surface area contributed by atoms with Gasteiger partial charge in [-0.3, -0.25) is 0 Å². The van der Waals surface area contributed by atoms with Gasteiger partial charge in [0.1, 0.15) is 11.9 Å². The zero-order chi connectivity index (χ0) is 11.4. The third kappa shape index (κ3) is 2.87. The minimum absolute atomic E-state index is 0.129. The largest absolute Gasteiger partial charge is 0.508 e. The molecule has 1 rings (SSSR count). The van der Waals surface area contributed by atoms with Crippen LogP contribution in [0.4, 0.5) is 0 Å². The van der Waals surface area contributed by atoms with Gasteiger partial charge in [0.25, 0.3) is 0 Å². The monoisotopic (exact) mass is 228 g/mol. The van der Waals surface area contributed by atoms with Crippen molar-refractivity contribution >= 4 is 12.6 Å². The van der Waals surface area contributed by atoms with Crippen molar-refractivity contribution in [2.45, 2.75) is 25.6 Å². The molecular formula is C11H16O3S. The van der Waals surface area contributed by atoms with Crippen LogP contribution in [0.2, 0.25) is 0 Å². The molecule has 1 aromatic rings. The number of phenolic OH excluding ortho intramolecular Hbond substituents is 1. The van der Waals surface area contributed by atoms with E-state index in [-0.39, 0.29) is 5.75 Å². The van der Waals surface area contributed by atoms with Crippen molar-refractivity contribution in [3.05, 3.63) is 29.3 Å². The van der Waals surface area contributed by atoms with Crippen LogP contribution in [0.5, 0.6) is 5.75 Å². The summed E-state index contributed by atoms with van der Waals surface area (Å²) in [6.45, 7) is 1.71. The summed E-state index contributed by atoms with van der Waals surface area (Å²) in [5.74, 6) is 0.639. The maximum atomic E-state index is 9.83. The molecule has 3 N–H and O–H groups in total. The van der Waals surface area contributed by atoms with E-state index in [4.69, 9.17) is 0 Å². The molecule has 0 saturated carbocycles. The van der Waals surface area contributed by atoms with Gasteiger partial charge in [-0.25, -0.2) is 0 Å². The molecule has 0 aliphatic rings. The molecule has 2 atom stereocenters. The zero-order valence-electron chi connectivity index (χ0n) is 8.59. The normalized spacial score (nSPS) is 14.9. The summed E-state index contributed by atoms with van der Waals surface area (Å²) < 4.78 is 0. The minimum atomic E-state index is -0.968. The van der Waals surface area contributed by atoms with Gasteiger partial charge < -0.3 is 15.3 Å². The highest BCUT2D eigenvalue weighted by Crippen LogP contribution is 2.27. The van der Waals surface area contributed by atoms with E-state index in [1.54, 1.807) is 25.1 Å². The van der Waals surface area contributed by atoms with E-state index >= 15 is 0 Å². The van der Waals surface area contributed by atoms with Crippen molar-refractivity contribution in [3.8, 4) is 5.75 Å². The minimum Gasteiger partial charge on any atom is -0.508 e. The average molecular weight is 228 g/mol. The molecular weight excluding hydrogens is 212 g/mol. The van der Waals surface area contributed by atoms with E-state index in [1.165, 1.54) is 0 Å². The third-order valence-corrected chi connectivity index (χ3v) is 2.71. The van der Waals surface area contributed by atoms with Gasteiger partial charge in [0.15, 0.2) is 0 Å². The quantitative estimate of drug-likeness (QED) is 0.589. The predicted octanol–water partition coefficient (Wildman–Crippen LogP) is 1.41. The molecule has 0 aliphatic carbocycles. The standard InChI is InChI=1S/C11H16O3S/c1-7-8(3-2-4-9(7)12)11(14)10(13)5-6-15/h2-4,10-15H,5-6H2,1H3. The Kier molecular flexibility index (Phi) is 4.45. The molecule has 0 bridgehead atoms. The molecule has 0 saturated heterocycles. The molecule has 0 spiro atoms. The number of rotatable bonds is 4. The summed E-state index contributed by atoms with van der Waals surface area (Å²) in [6, 6.07) is 4.90. The Bertz CT molecular complexity index is 328. The number of hydrogen-bond donors (Lipinski definition) is 4. The van der Waals surface area contributed by atoms with Gasteiger partial charge in [-0.1, -0.05) is 12.1 Å². The van der Waals surface area contributed by atoms with Crippen molar-refractivity contribution in [1.82, 2.24) is 0 Å². The highest BCUT2D eigenvalue weighted by Gasteiger charge is 2.20. The second kappa shape index (κ2) is 5.39.